The quantitative estimate of drug-likeness (QED) is 0.432. The van der Waals surface area contributed by atoms with Crippen LogP contribution in [0.5, 0.6) is 17.2 Å². The average molecular weight is 485 g/mol. The van der Waals surface area contributed by atoms with Gasteiger partial charge in [0.05, 0.1) is 19.1 Å². The van der Waals surface area contributed by atoms with E-state index in [1.165, 1.54) is 24.3 Å². The highest BCUT2D eigenvalue weighted by Crippen LogP contribution is 2.27. The minimum absolute atomic E-state index is 0.108. The summed E-state index contributed by atoms with van der Waals surface area (Å²) >= 11 is 0. The second kappa shape index (κ2) is 11.5. The predicted molar refractivity (Wildman–Crippen MR) is 130 cm³/mol. The minimum atomic E-state index is -3.69. The molecule has 2 N–H and O–H groups in total. The summed E-state index contributed by atoms with van der Waals surface area (Å²) in [7, 11) is -0.585. The van der Waals surface area contributed by atoms with Gasteiger partial charge in [0.1, 0.15) is 5.75 Å². The van der Waals surface area contributed by atoms with Crippen molar-refractivity contribution in [3.8, 4) is 17.2 Å². The molecule has 0 heterocycles. The molecule has 0 radical (unpaired) electrons. The van der Waals surface area contributed by atoms with E-state index in [0.717, 1.165) is 11.1 Å². The van der Waals surface area contributed by atoms with Crippen LogP contribution in [0.4, 0.5) is 5.69 Å². The molecular weight excluding hydrogens is 456 g/mol. The van der Waals surface area contributed by atoms with Gasteiger partial charge in [-0.1, -0.05) is 18.2 Å². The third-order valence-electron chi connectivity index (χ3n) is 4.96. The summed E-state index contributed by atoms with van der Waals surface area (Å²) in [6, 6.07) is 18.8. The first kappa shape index (κ1) is 25.1. The Balaban J connectivity index is 1.50. The Kier molecular flexibility index (Phi) is 8.50. The Morgan fingerprint density at radius 2 is 1.65 bits per heavy atom. The largest absolute Gasteiger partial charge is 0.493 e. The first-order chi connectivity index (χ1) is 16.3. The van der Waals surface area contributed by atoms with Gasteiger partial charge in [-0.25, -0.2) is 13.1 Å². The summed E-state index contributed by atoms with van der Waals surface area (Å²) < 4.78 is 43.7. The minimum Gasteiger partial charge on any atom is -0.493 e. The molecule has 0 aliphatic heterocycles. The van der Waals surface area contributed by atoms with Crippen molar-refractivity contribution in [2.75, 3.05) is 32.7 Å². The molecule has 3 aromatic rings. The first-order valence-corrected chi connectivity index (χ1v) is 12.1. The number of ether oxygens (including phenoxy) is 3. The predicted octanol–water partition coefficient (Wildman–Crippen LogP) is 3.55. The number of benzene rings is 3. The zero-order valence-electron chi connectivity index (χ0n) is 19.3. The number of rotatable bonds is 11. The zero-order chi connectivity index (χ0) is 24.6. The lowest BCUT2D eigenvalue weighted by molar-refractivity contribution is -0.118. The van der Waals surface area contributed by atoms with Crippen LogP contribution in [-0.2, 0) is 21.2 Å². The molecule has 1 amide bonds. The Morgan fingerprint density at radius 1 is 0.912 bits per heavy atom. The highest BCUT2D eigenvalue weighted by molar-refractivity contribution is 7.89. The van der Waals surface area contributed by atoms with Gasteiger partial charge in [-0.3, -0.25) is 4.79 Å². The van der Waals surface area contributed by atoms with Crippen LogP contribution in [0.3, 0.4) is 0 Å². The van der Waals surface area contributed by atoms with Crippen LogP contribution in [0, 0.1) is 6.92 Å². The van der Waals surface area contributed by atoms with E-state index >= 15 is 0 Å². The van der Waals surface area contributed by atoms with Crippen molar-refractivity contribution in [1.29, 1.82) is 0 Å². The summed E-state index contributed by atoms with van der Waals surface area (Å²) in [6.45, 7) is 1.96. The Hall–Kier alpha value is -3.56. The van der Waals surface area contributed by atoms with Crippen molar-refractivity contribution in [1.82, 2.24) is 4.72 Å². The van der Waals surface area contributed by atoms with Gasteiger partial charge in [0, 0.05) is 12.2 Å². The molecule has 3 rings (SSSR count). The molecule has 0 unspecified atom stereocenters. The molecule has 180 valence electrons. The second-order valence-corrected chi connectivity index (χ2v) is 9.28. The molecule has 0 aromatic heterocycles. The Bertz CT molecular complexity index is 1230. The van der Waals surface area contributed by atoms with E-state index in [4.69, 9.17) is 14.2 Å². The lowest BCUT2D eigenvalue weighted by Gasteiger charge is -2.11. The van der Waals surface area contributed by atoms with Crippen LogP contribution in [-0.4, -0.2) is 41.7 Å². The highest BCUT2D eigenvalue weighted by Gasteiger charge is 2.14. The first-order valence-electron chi connectivity index (χ1n) is 10.6. The fraction of sp³-hybridized carbons (Fsp3) is 0.240. The number of amides is 1. The summed E-state index contributed by atoms with van der Waals surface area (Å²) in [5.41, 5.74) is 2.63. The van der Waals surface area contributed by atoms with Gasteiger partial charge < -0.3 is 19.5 Å². The van der Waals surface area contributed by atoms with Crippen molar-refractivity contribution in [2.45, 2.75) is 18.2 Å². The van der Waals surface area contributed by atoms with Gasteiger partial charge in [-0.05, 0) is 73.0 Å². The number of carbonyl (C=O) groups excluding carboxylic acids is 1. The number of aryl methyl sites for hydroxylation is 1. The fourth-order valence-electron chi connectivity index (χ4n) is 3.23. The van der Waals surface area contributed by atoms with E-state index in [9.17, 15) is 13.2 Å². The van der Waals surface area contributed by atoms with Gasteiger partial charge in [-0.15, -0.1) is 0 Å². The molecule has 0 bridgehead atoms. The molecule has 0 aliphatic rings. The maximum absolute atomic E-state index is 12.6. The lowest BCUT2D eigenvalue weighted by atomic mass is 10.1. The third kappa shape index (κ3) is 6.97. The SMILES string of the molecule is COc1ccc(CCNS(=O)(=O)c2ccc(OCC(=O)Nc3cccc(C)c3)cc2)cc1OC. The van der Waals surface area contributed by atoms with Crippen molar-refractivity contribution < 1.29 is 27.4 Å². The number of carbonyl (C=O) groups is 1. The van der Waals surface area contributed by atoms with Crippen LogP contribution in [0.25, 0.3) is 0 Å². The number of anilines is 1. The molecule has 0 aliphatic carbocycles. The van der Waals surface area contributed by atoms with E-state index in [1.807, 2.05) is 37.3 Å². The molecule has 9 heteroatoms. The highest BCUT2D eigenvalue weighted by atomic mass is 32.2. The summed E-state index contributed by atoms with van der Waals surface area (Å²) in [5, 5.41) is 2.75. The molecule has 0 spiro atoms. The number of sulfonamides is 1. The Morgan fingerprint density at radius 3 is 2.32 bits per heavy atom. The van der Waals surface area contributed by atoms with Gasteiger partial charge in [0.15, 0.2) is 18.1 Å². The van der Waals surface area contributed by atoms with Crippen LogP contribution in [0.15, 0.2) is 71.6 Å². The van der Waals surface area contributed by atoms with Gasteiger partial charge >= 0.3 is 0 Å². The smallest absolute Gasteiger partial charge is 0.262 e. The Labute approximate surface area is 199 Å². The van der Waals surface area contributed by atoms with Crippen molar-refractivity contribution in [3.05, 3.63) is 77.9 Å². The maximum Gasteiger partial charge on any atom is 0.262 e. The lowest BCUT2D eigenvalue weighted by Crippen LogP contribution is -2.26. The molecule has 0 saturated carbocycles. The third-order valence-corrected chi connectivity index (χ3v) is 6.44. The monoisotopic (exact) mass is 484 g/mol. The van der Waals surface area contributed by atoms with Crippen LogP contribution < -0.4 is 24.2 Å². The van der Waals surface area contributed by atoms with Crippen molar-refractivity contribution >= 4 is 21.6 Å². The topological polar surface area (TPSA) is 103 Å². The van der Waals surface area contributed by atoms with Gasteiger partial charge in [-0.2, -0.15) is 0 Å². The van der Waals surface area contributed by atoms with Gasteiger partial charge in [0.25, 0.3) is 5.91 Å². The molecule has 8 nitrogen and oxygen atoms in total. The molecule has 34 heavy (non-hydrogen) atoms. The van der Waals surface area contributed by atoms with Crippen molar-refractivity contribution in [3.63, 3.8) is 0 Å². The average Bonchev–Trinajstić information content (AvgIpc) is 2.83. The van der Waals surface area contributed by atoms with Crippen molar-refractivity contribution in [2.24, 2.45) is 0 Å². The summed E-state index contributed by atoms with van der Waals surface area (Å²) in [5.74, 6) is 1.29. The fourth-order valence-corrected chi connectivity index (χ4v) is 4.26. The molecule has 0 saturated heterocycles. The number of hydrogen-bond donors (Lipinski definition) is 2. The zero-order valence-corrected chi connectivity index (χ0v) is 20.1. The standard InChI is InChI=1S/C25H28N2O6S/c1-18-5-4-6-20(15-18)27-25(28)17-33-21-8-10-22(11-9-21)34(29,30)26-14-13-19-7-12-23(31-2)24(16-19)32-3/h4-12,15-16,26H,13-14,17H2,1-3H3,(H,27,28). The number of methoxy groups -OCH3 is 2. The molecule has 0 atom stereocenters. The van der Waals surface area contributed by atoms with Crippen LogP contribution in [0.1, 0.15) is 11.1 Å². The molecular formula is C25H28N2O6S. The summed E-state index contributed by atoms with van der Waals surface area (Å²) in [4.78, 5) is 12.2. The van der Waals surface area contributed by atoms with E-state index in [2.05, 4.69) is 10.0 Å². The molecule has 0 fully saturated rings. The van der Waals surface area contributed by atoms with E-state index < -0.39 is 10.0 Å². The van der Waals surface area contributed by atoms with E-state index in [1.54, 1.807) is 26.4 Å². The van der Waals surface area contributed by atoms with Crippen LogP contribution in [0.2, 0.25) is 0 Å². The molecule has 3 aromatic carbocycles. The van der Waals surface area contributed by atoms with Crippen LogP contribution >= 0.6 is 0 Å². The second-order valence-electron chi connectivity index (χ2n) is 7.51. The maximum atomic E-state index is 12.6. The normalized spacial score (nSPS) is 11.0. The van der Waals surface area contributed by atoms with E-state index in [0.29, 0.717) is 29.4 Å². The number of nitrogens with one attached hydrogen (secondary N) is 2. The van der Waals surface area contributed by atoms with E-state index in [-0.39, 0.29) is 24.0 Å². The summed E-state index contributed by atoms with van der Waals surface area (Å²) in [6.07, 6.45) is 0.483. The number of hydrogen-bond acceptors (Lipinski definition) is 6. The van der Waals surface area contributed by atoms with Gasteiger partial charge in [0.2, 0.25) is 10.0 Å².